The molecule has 0 saturated heterocycles. The van der Waals surface area contributed by atoms with E-state index in [1.807, 2.05) is 18.7 Å². The van der Waals surface area contributed by atoms with Crippen LogP contribution in [-0.2, 0) is 0 Å². The van der Waals surface area contributed by atoms with Gasteiger partial charge in [0.1, 0.15) is 5.75 Å². The molecular weight excluding hydrogens is 283 g/mol. The van der Waals surface area contributed by atoms with Crippen LogP contribution in [0.2, 0.25) is 0 Å². The van der Waals surface area contributed by atoms with E-state index >= 15 is 0 Å². The number of alkyl halides is 3. The molecule has 1 aromatic carbocycles. The van der Waals surface area contributed by atoms with E-state index in [2.05, 4.69) is 4.74 Å². The molecule has 0 aliphatic heterocycles. The second-order valence-electron chi connectivity index (χ2n) is 5.10. The van der Waals surface area contributed by atoms with Crippen molar-refractivity contribution in [2.24, 2.45) is 0 Å². The molecule has 0 atom stereocenters. The fourth-order valence-corrected chi connectivity index (χ4v) is 2.36. The van der Waals surface area contributed by atoms with E-state index in [1.165, 1.54) is 18.2 Å². The molecule has 0 radical (unpaired) electrons. The fraction of sp³-hybridized carbons (Fsp3) is 0.533. The number of ether oxygens (including phenoxy) is 1. The van der Waals surface area contributed by atoms with Crippen LogP contribution in [0.4, 0.5) is 13.2 Å². The molecular formula is C15H20F3NO2. The van der Waals surface area contributed by atoms with Gasteiger partial charge in [0.15, 0.2) is 5.78 Å². The molecule has 0 aliphatic carbocycles. The highest BCUT2D eigenvalue weighted by molar-refractivity contribution is 6.04. The van der Waals surface area contributed by atoms with Gasteiger partial charge >= 0.3 is 6.36 Å². The predicted molar refractivity (Wildman–Crippen MR) is 74.5 cm³/mol. The van der Waals surface area contributed by atoms with Crippen LogP contribution in [0.25, 0.3) is 0 Å². The molecule has 0 bridgehead atoms. The smallest absolute Gasteiger partial charge is 0.405 e. The first-order valence-electron chi connectivity index (χ1n) is 6.78. The summed E-state index contributed by atoms with van der Waals surface area (Å²) >= 11 is 0. The SMILES string of the molecule is CCN(CC)C(C)(C)C(=O)c1ccccc1OC(F)(F)F. The number of halogens is 3. The van der Waals surface area contributed by atoms with Crippen molar-refractivity contribution in [3.63, 3.8) is 0 Å². The zero-order valence-electron chi connectivity index (χ0n) is 12.6. The number of nitrogens with zero attached hydrogens (tertiary/aromatic N) is 1. The molecule has 1 aromatic rings. The lowest BCUT2D eigenvalue weighted by Gasteiger charge is -2.36. The van der Waals surface area contributed by atoms with E-state index in [-0.39, 0.29) is 5.56 Å². The van der Waals surface area contributed by atoms with Crippen molar-refractivity contribution >= 4 is 5.78 Å². The van der Waals surface area contributed by atoms with Crippen molar-refractivity contribution in [1.29, 1.82) is 0 Å². The number of para-hydroxylation sites is 1. The average Bonchev–Trinajstić information content (AvgIpc) is 2.37. The Balaban J connectivity index is 3.18. The monoisotopic (exact) mass is 303 g/mol. The summed E-state index contributed by atoms with van der Waals surface area (Å²) < 4.78 is 41.2. The zero-order valence-corrected chi connectivity index (χ0v) is 12.6. The molecule has 1 rings (SSSR count). The number of carbonyl (C=O) groups is 1. The Hall–Kier alpha value is -1.56. The van der Waals surface area contributed by atoms with Crippen LogP contribution >= 0.6 is 0 Å². The normalized spacial score (nSPS) is 12.6. The Morgan fingerprint density at radius 2 is 1.67 bits per heavy atom. The summed E-state index contributed by atoms with van der Waals surface area (Å²) in [6.45, 7) is 8.45. The van der Waals surface area contributed by atoms with Crippen molar-refractivity contribution < 1.29 is 22.7 Å². The maximum absolute atomic E-state index is 12.6. The lowest BCUT2D eigenvalue weighted by atomic mass is 9.90. The number of rotatable bonds is 6. The van der Waals surface area contributed by atoms with Crippen LogP contribution in [0.1, 0.15) is 38.1 Å². The first kappa shape index (κ1) is 17.5. The first-order chi connectivity index (χ1) is 9.63. The van der Waals surface area contributed by atoms with Crippen LogP contribution in [0.5, 0.6) is 5.75 Å². The number of hydrogen-bond acceptors (Lipinski definition) is 3. The molecule has 3 nitrogen and oxygen atoms in total. The molecule has 0 amide bonds. The summed E-state index contributed by atoms with van der Waals surface area (Å²) in [5.74, 6) is -0.860. The summed E-state index contributed by atoms with van der Waals surface area (Å²) in [6, 6.07) is 5.44. The lowest BCUT2D eigenvalue weighted by molar-refractivity contribution is -0.274. The minimum Gasteiger partial charge on any atom is -0.405 e. The minimum absolute atomic E-state index is 0.0632. The quantitative estimate of drug-likeness (QED) is 0.747. The van der Waals surface area contributed by atoms with Gasteiger partial charge in [-0.2, -0.15) is 0 Å². The second kappa shape index (κ2) is 6.47. The van der Waals surface area contributed by atoms with Gasteiger partial charge in [0, 0.05) is 0 Å². The van der Waals surface area contributed by atoms with Gasteiger partial charge in [-0.1, -0.05) is 26.0 Å². The van der Waals surface area contributed by atoms with Crippen molar-refractivity contribution in [3.8, 4) is 5.75 Å². The van der Waals surface area contributed by atoms with Gasteiger partial charge in [-0.05, 0) is 39.1 Å². The second-order valence-corrected chi connectivity index (χ2v) is 5.10. The van der Waals surface area contributed by atoms with Crippen LogP contribution in [0.3, 0.4) is 0 Å². The number of carbonyl (C=O) groups excluding carboxylic acids is 1. The highest BCUT2D eigenvalue weighted by Crippen LogP contribution is 2.30. The maximum atomic E-state index is 12.6. The predicted octanol–water partition coefficient (Wildman–Crippen LogP) is 3.89. The van der Waals surface area contributed by atoms with E-state index in [1.54, 1.807) is 13.8 Å². The van der Waals surface area contributed by atoms with E-state index in [9.17, 15) is 18.0 Å². The Labute approximate surface area is 122 Å². The molecule has 0 saturated carbocycles. The molecule has 0 fully saturated rings. The van der Waals surface area contributed by atoms with Crippen molar-refractivity contribution in [3.05, 3.63) is 29.8 Å². The van der Waals surface area contributed by atoms with E-state index < -0.39 is 23.4 Å². The van der Waals surface area contributed by atoms with Crippen LogP contribution in [0, 0.1) is 0 Å². The van der Waals surface area contributed by atoms with Gasteiger partial charge in [-0.15, -0.1) is 13.2 Å². The molecule has 21 heavy (non-hydrogen) atoms. The number of benzene rings is 1. The third kappa shape index (κ3) is 4.20. The Morgan fingerprint density at radius 1 is 1.14 bits per heavy atom. The van der Waals surface area contributed by atoms with Gasteiger partial charge < -0.3 is 4.74 Å². The molecule has 0 aliphatic rings. The first-order valence-corrected chi connectivity index (χ1v) is 6.78. The van der Waals surface area contributed by atoms with Gasteiger partial charge in [-0.3, -0.25) is 9.69 Å². The summed E-state index contributed by atoms with van der Waals surface area (Å²) in [6.07, 6.45) is -4.82. The summed E-state index contributed by atoms with van der Waals surface area (Å²) in [5.41, 5.74) is -0.971. The number of hydrogen-bond donors (Lipinski definition) is 0. The Kier molecular flexibility index (Phi) is 5.39. The largest absolute Gasteiger partial charge is 0.573 e. The molecule has 118 valence electrons. The zero-order chi connectivity index (χ0) is 16.3. The molecule has 0 heterocycles. The van der Waals surface area contributed by atoms with Crippen molar-refractivity contribution in [2.45, 2.75) is 39.6 Å². The van der Waals surface area contributed by atoms with Crippen LogP contribution in [0.15, 0.2) is 24.3 Å². The van der Waals surface area contributed by atoms with Gasteiger partial charge in [0.25, 0.3) is 0 Å². The Morgan fingerprint density at radius 3 is 2.14 bits per heavy atom. The molecule has 0 spiro atoms. The fourth-order valence-electron chi connectivity index (χ4n) is 2.36. The minimum atomic E-state index is -4.82. The molecule has 0 unspecified atom stereocenters. The lowest BCUT2D eigenvalue weighted by Crippen LogP contribution is -2.50. The summed E-state index contributed by atoms with van der Waals surface area (Å²) in [5, 5.41) is 0. The van der Waals surface area contributed by atoms with Crippen LogP contribution in [-0.4, -0.2) is 35.7 Å². The number of likely N-dealkylation sites (N-methyl/N-ethyl adjacent to an activating group) is 1. The van der Waals surface area contributed by atoms with Gasteiger partial charge in [0.2, 0.25) is 0 Å². The highest BCUT2D eigenvalue weighted by atomic mass is 19.4. The van der Waals surface area contributed by atoms with Crippen molar-refractivity contribution in [1.82, 2.24) is 4.90 Å². The van der Waals surface area contributed by atoms with E-state index in [0.29, 0.717) is 13.1 Å². The van der Waals surface area contributed by atoms with E-state index in [0.717, 1.165) is 6.07 Å². The highest BCUT2D eigenvalue weighted by Gasteiger charge is 2.37. The maximum Gasteiger partial charge on any atom is 0.573 e. The average molecular weight is 303 g/mol. The molecule has 0 N–H and O–H groups in total. The van der Waals surface area contributed by atoms with Gasteiger partial charge in [-0.25, -0.2) is 0 Å². The third-order valence-corrected chi connectivity index (χ3v) is 3.47. The molecule has 0 aromatic heterocycles. The Bertz CT molecular complexity index is 494. The number of ketones is 1. The summed E-state index contributed by atoms with van der Waals surface area (Å²) in [7, 11) is 0. The third-order valence-electron chi connectivity index (χ3n) is 3.47. The number of Topliss-reactive ketones (excluding diaryl/α,β-unsaturated/α-hetero) is 1. The van der Waals surface area contributed by atoms with E-state index in [4.69, 9.17) is 0 Å². The summed E-state index contributed by atoms with van der Waals surface area (Å²) in [4.78, 5) is 14.5. The van der Waals surface area contributed by atoms with Gasteiger partial charge in [0.05, 0.1) is 11.1 Å². The van der Waals surface area contributed by atoms with Crippen molar-refractivity contribution in [2.75, 3.05) is 13.1 Å². The topological polar surface area (TPSA) is 29.5 Å². The van der Waals surface area contributed by atoms with Crippen LogP contribution < -0.4 is 4.74 Å². The standard InChI is InChI=1S/C15H20F3NO2/c1-5-19(6-2)14(3,4)13(20)11-9-7-8-10-12(11)21-15(16,17)18/h7-10H,5-6H2,1-4H3. The molecule has 6 heteroatoms.